The first-order valence-electron chi connectivity index (χ1n) is 6.78. The third kappa shape index (κ3) is 4.45. The molecule has 1 fully saturated rings. The molecule has 0 aromatic carbocycles. The topological polar surface area (TPSA) is 64.5 Å². The molecule has 0 bridgehead atoms. The van der Waals surface area contributed by atoms with Crippen LogP contribution in [0, 0.1) is 0 Å². The van der Waals surface area contributed by atoms with Gasteiger partial charge in [-0.3, -0.25) is 9.97 Å². The van der Waals surface area contributed by atoms with Gasteiger partial charge in [0.2, 0.25) is 0 Å². The second kappa shape index (κ2) is 6.17. The molecule has 1 atom stereocenters. The van der Waals surface area contributed by atoms with Crippen molar-refractivity contribution in [2.45, 2.75) is 45.5 Å². The van der Waals surface area contributed by atoms with Crippen molar-refractivity contribution in [1.29, 1.82) is 0 Å². The van der Waals surface area contributed by atoms with Crippen LogP contribution in [0.4, 0.5) is 4.79 Å². The van der Waals surface area contributed by atoms with Crippen LogP contribution in [-0.2, 0) is 16.1 Å². The monoisotopic (exact) mass is 279 g/mol. The molecule has 2 rings (SSSR count). The van der Waals surface area contributed by atoms with Gasteiger partial charge in [-0.1, -0.05) is 0 Å². The summed E-state index contributed by atoms with van der Waals surface area (Å²) in [5.41, 5.74) is 0.332. The summed E-state index contributed by atoms with van der Waals surface area (Å²) in [6.07, 6.45) is 5.52. The van der Waals surface area contributed by atoms with Gasteiger partial charge in [0.25, 0.3) is 0 Å². The van der Waals surface area contributed by atoms with Crippen LogP contribution in [0.2, 0.25) is 0 Å². The van der Waals surface area contributed by atoms with Gasteiger partial charge in [-0.25, -0.2) is 4.79 Å². The standard InChI is InChI=1S/C14H21N3O3/c1-14(2,3)20-13(18)17-7-4-12(9-17)19-10-11-8-15-5-6-16-11/h5-6,8,12H,4,7,9-10H2,1-3H3/t12-/m1/s1. The lowest BCUT2D eigenvalue weighted by molar-refractivity contribution is 0.0179. The first-order valence-corrected chi connectivity index (χ1v) is 6.78. The second-order valence-electron chi connectivity index (χ2n) is 5.84. The molecule has 0 N–H and O–H groups in total. The molecule has 0 saturated carbocycles. The minimum atomic E-state index is -0.463. The SMILES string of the molecule is CC(C)(C)OC(=O)N1CC[C@@H](OCc2cnccn2)C1. The number of carbonyl (C=O) groups excluding carboxylic acids is 1. The van der Waals surface area contributed by atoms with E-state index in [2.05, 4.69) is 9.97 Å². The number of hydrogen-bond acceptors (Lipinski definition) is 5. The van der Waals surface area contributed by atoms with Gasteiger partial charge >= 0.3 is 6.09 Å². The first-order chi connectivity index (χ1) is 9.44. The Morgan fingerprint density at radius 3 is 2.90 bits per heavy atom. The molecule has 1 aliphatic rings. The minimum absolute atomic E-state index is 0.0320. The van der Waals surface area contributed by atoms with Crippen LogP contribution in [0.3, 0.4) is 0 Å². The van der Waals surface area contributed by atoms with Gasteiger partial charge in [0.15, 0.2) is 0 Å². The molecule has 0 spiro atoms. The normalized spacial score (nSPS) is 19.1. The lowest BCUT2D eigenvalue weighted by atomic mass is 10.2. The van der Waals surface area contributed by atoms with Crippen molar-refractivity contribution in [2.75, 3.05) is 13.1 Å². The lowest BCUT2D eigenvalue weighted by Crippen LogP contribution is -2.36. The van der Waals surface area contributed by atoms with Crippen LogP contribution >= 0.6 is 0 Å². The molecule has 0 radical (unpaired) electrons. The number of likely N-dealkylation sites (tertiary alicyclic amines) is 1. The highest BCUT2D eigenvalue weighted by molar-refractivity contribution is 5.68. The zero-order chi connectivity index (χ0) is 14.6. The zero-order valence-electron chi connectivity index (χ0n) is 12.2. The quantitative estimate of drug-likeness (QED) is 0.846. The third-order valence-corrected chi connectivity index (χ3v) is 2.88. The van der Waals surface area contributed by atoms with E-state index in [0.29, 0.717) is 19.7 Å². The van der Waals surface area contributed by atoms with Crippen LogP contribution < -0.4 is 0 Å². The largest absolute Gasteiger partial charge is 0.444 e. The highest BCUT2D eigenvalue weighted by Gasteiger charge is 2.30. The van der Waals surface area contributed by atoms with Gasteiger partial charge in [0, 0.05) is 18.9 Å². The molecule has 1 aromatic heterocycles. The first kappa shape index (κ1) is 14.7. The Bertz CT molecular complexity index is 445. The maximum absolute atomic E-state index is 11.9. The van der Waals surface area contributed by atoms with Crippen LogP contribution in [0.15, 0.2) is 18.6 Å². The van der Waals surface area contributed by atoms with Gasteiger partial charge in [-0.15, -0.1) is 0 Å². The number of aromatic nitrogens is 2. The van der Waals surface area contributed by atoms with E-state index < -0.39 is 5.60 Å². The molecule has 0 aliphatic carbocycles. The number of amides is 1. The van der Waals surface area contributed by atoms with E-state index in [4.69, 9.17) is 9.47 Å². The minimum Gasteiger partial charge on any atom is -0.444 e. The molecular weight excluding hydrogens is 258 g/mol. The zero-order valence-corrected chi connectivity index (χ0v) is 12.2. The smallest absolute Gasteiger partial charge is 0.410 e. The van der Waals surface area contributed by atoms with E-state index in [1.807, 2.05) is 20.8 Å². The molecule has 1 aliphatic heterocycles. The Hall–Kier alpha value is -1.69. The number of rotatable bonds is 3. The van der Waals surface area contributed by atoms with E-state index in [0.717, 1.165) is 12.1 Å². The average molecular weight is 279 g/mol. The van der Waals surface area contributed by atoms with E-state index in [1.54, 1.807) is 23.5 Å². The molecular formula is C14H21N3O3. The Morgan fingerprint density at radius 1 is 1.45 bits per heavy atom. The van der Waals surface area contributed by atoms with E-state index in [-0.39, 0.29) is 12.2 Å². The number of hydrogen-bond donors (Lipinski definition) is 0. The second-order valence-corrected chi connectivity index (χ2v) is 5.84. The third-order valence-electron chi connectivity index (χ3n) is 2.88. The predicted molar refractivity (Wildman–Crippen MR) is 73.0 cm³/mol. The Morgan fingerprint density at radius 2 is 2.25 bits per heavy atom. The highest BCUT2D eigenvalue weighted by atomic mass is 16.6. The van der Waals surface area contributed by atoms with E-state index >= 15 is 0 Å². The van der Waals surface area contributed by atoms with Crippen molar-refractivity contribution >= 4 is 6.09 Å². The van der Waals surface area contributed by atoms with Crippen molar-refractivity contribution in [2.24, 2.45) is 0 Å². The maximum Gasteiger partial charge on any atom is 0.410 e. The Labute approximate surface area is 119 Å². The fourth-order valence-electron chi connectivity index (χ4n) is 1.96. The van der Waals surface area contributed by atoms with Crippen molar-refractivity contribution in [3.05, 3.63) is 24.3 Å². The molecule has 0 unspecified atom stereocenters. The maximum atomic E-state index is 11.9. The Balaban J connectivity index is 1.76. The van der Waals surface area contributed by atoms with E-state index in [9.17, 15) is 4.79 Å². The van der Waals surface area contributed by atoms with Gasteiger partial charge in [0.1, 0.15) is 5.60 Å². The highest BCUT2D eigenvalue weighted by Crippen LogP contribution is 2.17. The van der Waals surface area contributed by atoms with Gasteiger partial charge < -0.3 is 14.4 Å². The average Bonchev–Trinajstić information content (AvgIpc) is 2.84. The van der Waals surface area contributed by atoms with Crippen LogP contribution in [0.5, 0.6) is 0 Å². The number of nitrogens with zero attached hydrogens (tertiary/aromatic N) is 3. The molecule has 2 heterocycles. The Kier molecular flexibility index (Phi) is 4.54. The summed E-state index contributed by atoms with van der Waals surface area (Å²) in [7, 11) is 0. The van der Waals surface area contributed by atoms with Gasteiger partial charge in [0.05, 0.1) is 31.1 Å². The van der Waals surface area contributed by atoms with E-state index in [1.165, 1.54) is 0 Å². The molecule has 6 heteroatoms. The van der Waals surface area contributed by atoms with Crippen molar-refractivity contribution < 1.29 is 14.3 Å². The molecule has 1 saturated heterocycles. The summed E-state index contributed by atoms with van der Waals surface area (Å²) < 4.78 is 11.1. The fourth-order valence-corrected chi connectivity index (χ4v) is 1.96. The molecule has 1 amide bonds. The predicted octanol–water partition coefficient (Wildman–Crippen LogP) is 2.00. The summed E-state index contributed by atoms with van der Waals surface area (Å²) in [5.74, 6) is 0. The summed E-state index contributed by atoms with van der Waals surface area (Å²) in [5, 5.41) is 0. The fraction of sp³-hybridized carbons (Fsp3) is 0.643. The van der Waals surface area contributed by atoms with Crippen LogP contribution in [0.1, 0.15) is 32.9 Å². The number of ether oxygens (including phenoxy) is 2. The molecule has 20 heavy (non-hydrogen) atoms. The molecule has 110 valence electrons. The molecule has 6 nitrogen and oxygen atoms in total. The van der Waals surface area contributed by atoms with Crippen LogP contribution in [0.25, 0.3) is 0 Å². The molecule has 1 aromatic rings. The van der Waals surface area contributed by atoms with Gasteiger partial charge in [-0.05, 0) is 27.2 Å². The van der Waals surface area contributed by atoms with Gasteiger partial charge in [-0.2, -0.15) is 0 Å². The van der Waals surface area contributed by atoms with Crippen molar-refractivity contribution in [3.63, 3.8) is 0 Å². The lowest BCUT2D eigenvalue weighted by Gasteiger charge is -2.24. The van der Waals surface area contributed by atoms with Crippen molar-refractivity contribution in [3.8, 4) is 0 Å². The summed E-state index contributed by atoms with van der Waals surface area (Å²) in [6, 6.07) is 0. The van der Waals surface area contributed by atoms with Crippen LogP contribution in [-0.4, -0.2) is 45.8 Å². The summed E-state index contributed by atoms with van der Waals surface area (Å²) in [4.78, 5) is 21.7. The summed E-state index contributed by atoms with van der Waals surface area (Å²) >= 11 is 0. The number of carbonyl (C=O) groups is 1. The summed E-state index contributed by atoms with van der Waals surface area (Å²) in [6.45, 7) is 7.24. The van der Waals surface area contributed by atoms with Crippen molar-refractivity contribution in [1.82, 2.24) is 14.9 Å².